The van der Waals surface area contributed by atoms with Crippen LogP contribution in [0.4, 0.5) is 0 Å². The molecule has 0 saturated carbocycles. The lowest BCUT2D eigenvalue weighted by atomic mass is 9.87. The summed E-state index contributed by atoms with van der Waals surface area (Å²) >= 11 is 0. The smallest absolute Gasteiger partial charge is 0.227 e. The lowest BCUT2D eigenvalue weighted by Crippen LogP contribution is -2.33. The second-order valence-electron chi connectivity index (χ2n) is 5.96. The maximum atomic E-state index is 12.5. The van der Waals surface area contributed by atoms with Gasteiger partial charge in [-0.3, -0.25) is 4.79 Å². The first-order chi connectivity index (χ1) is 11.0. The lowest BCUT2D eigenvalue weighted by Gasteiger charge is -2.21. The molecule has 1 aromatic heterocycles. The molecule has 0 bridgehead atoms. The Bertz CT molecular complexity index is 632. The number of methoxy groups -OCH3 is 1. The average molecular weight is 316 g/mol. The van der Waals surface area contributed by atoms with E-state index in [1.165, 1.54) is 0 Å². The quantitative estimate of drug-likeness (QED) is 0.852. The number of hydrogen-bond acceptors (Lipinski definition) is 4. The van der Waals surface area contributed by atoms with Crippen molar-refractivity contribution in [3.05, 3.63) is 47.3 Å². The Labute approximate surface area is 137 Å². The van der Waals surface area contributed by atoms with Crippen LogP contribution in [0.2, 0.25) is 0 Å². The number of rotatable bonds is 7. The Balaban J connectivity index is 1.97. The van der Waals surface area contributed by atoms with E-state index in [9.17, 15) is 4.79 Å². The zero-order valence-corrected chi connectivity index (χ0v) is 14.1. The third-order valence-corrected chi connectivity index (χ3v) is 3.78. The molecule has 5 heteroatoms. The fraction of sp³-hybridized carbons (Fsp3) is 0.444. The highest BCUT2D eigenvalue weighted by molar-refractivity contribution is 5.84. The van der Waals surface area contributed by atoms with Gasteiger partial charge in [-0.25, -0.2) is 0 Å². The Morgan fingerprint density at radius 2 is 2.00 bits per heavy atom. The number of carbonyl (C=O) groups excluding carboxylic acids is 1. The summed E-state index contributed by atoms with van der Waals surface area (Å²) in [5.74, 6) is 1.63. The molecule has 2 rings (SSSR count). The molecule has 1 amide bonds. The number of hydrogen-bond donors (Lipinski definition) is 1. The summed E-state index contributed by atoms with van der Waals surface area (Å²) in [4.78, 5) is 12.5. The van der Waals surface area contributed by atoms with Crippen LogP contribution in [-0.2, 0) is 11.2 Å². The molecule has 0 radical (unpaired) electrons. The van der Waals surface area contributed by atoms with Gasteiger partial charge in [-0.05, 0) is 30.5 Å². The Morgan fingerprint density at radius 3 is 2.52 bits per heavy atom. The summed E-state index contributed by atoms with van der Waals surface area (Å²) in [5.41, 5.74) is 1.85. The molecule has 1 unspecified atom stereocenters. The molecule has 1 aromatic carbocycles. The summed E-state index contributed by atoms with van der Waals surface area (Å²) in [6.45, 7) is 6.50. The van der Waals surface area contributed by atoms with E-state index < -0.39 is 0 Å². The van der Waals surface area contributed by atoms with Crippen LogP contribution in [0.3, 0.4) is 0 Å². The molecule has 0 aliphatic carbocycles. The normalized spacial score (nSPS) is 12.2. The van der Waals surface area contributed by atoms with Crippen LogP contribution in [0.5, 0.6) is 5.75 Å². The standard InChI is InChI=1S/C18H24N2O3/c1-12(2)17(14-5-7-16(22-4)8-6-14)18(21)19-10-9-15-11-13(3)23-20-15/h5-8,11-12,17H,9-10H2,1-4H3,(H,19,21). The summed E-state index contributed by atoms with van der Waals surface area (Å²) in [7, 11) is 1.63. The summed E-state index contributed by atoms with van der Waals surface area (Å²) in [6, 6.07) is 9.55. The van der Waals surface area contributed by atoms with Crippen molar-refractivity contribution in [3.8, 4) is 5.75 Å². The van der Waals surface area contributed by atoms with Gasteiger partial charge in [0.05, 0.1) is 18.7 Å². The maximum absolute atomic E-state index is 12.5. The zero-order valence-electron chi connectivity index (χ0n) is 14.1. The van der Waals surface area contributed by atoms with Gasteiger partial charge in [0.2, 0.25) is 5.91 Å². The van der Waals surface area contributed by atoms with Crippen LogP contribution in [0.15, 0.2) is 34.9 Å². The number of aryl methyl sites for hydroxylation is 1. The Kier molecular flexibility index (Phi) is 5.79. The van der Waals surface area contributed by atoms with E-state index in [1.807, 2.05) is 37.3 Å². The van der Waals surface area contributed by atoms with Gasteiger partial charge >= 0.3 is 0 Å². The predicted molar refractivity (Wildman–Crippen MR) is 88.5 cm³/mol. The number of nitrogens with zero attached hydrogens (tertiary/aromatic N) is 1. The van der Waals surface area contributed by atoms with Crippen LogP contribution in [0, 0.1) is 12.8 Å². The number of ether oxygens (including phenoxy) is 1. The van der Waals surface area contributed by atoms with Crippen molar-refractivity contribution >= 4 is 5.91 Å². The molecule has 0 fully saturated rings. The molecule has 124 valence electrons. The molecule has 2 aromatic rings. The van der Waals surface area contributed by atoms with Crippen molar-refractivity contribution in [3.63, 3.8) is 0 Å². The summed E-state index contributed by atoms with van der Waals surface area (Å²) in [5, 5.41) is 6.93. The lowest BCUT2D eigenvalue weighted by molar-refractivity contribution is -0.123. The Hall–Kier alpha value is -2.30. The molecule has 0 saturated heterocycles. The molecule has 0 aliphatic rings. The highest BCUT2D eigenvalue weighted by atomic mass is 16.5. The van der Waals surface area contributed by atoms with Gasteiger partial charge in [-0.1, -0.05) is 31.1 Å². The molecule has 0 spiro atoms. The van der Waals surface area contributed by atoms with Gasteiger partial charge in [0.15, 0.2) is 0 Å². The van der Waals surface area contributed by atoms with E-state index in [2.05, 4.69) is 24.3 Å². The minimum absolute atomic E-state index is 0.0328. The average Bonchev–Trinajstić information content (AvgIpc) is 2.93. The van der Waals surface area contributed by atoms with E-state index >= 15 is 0 Å². The number of benzene rings is 1. The maximum Gasteiger partial charge on any atom is 0.227 e. The third-order valence-electron chi connectivity index (χ3n) is 3.78. The molecule has 1 atom stereocenters. The van der Waals surface area contributed by atoms with Gasteiger partial charge in [0, 0.05) is 19.0 Å². The fourth-order valence-electron chi connectivity index (χ4n) is 2.61. The predicted octanol–water partition coefficient (Wildman–Crippen LogP) is 3.09. The van der Waals surface area contributed by atoms with E-state index in [0.29, 0.717) is 13.0 Å². The second kappa shape index (κ2) is 7.81. The number of amides is 1. The minimum Gasteiger partial charge on any atom is -0.497 e. The van der Waals surface area contributed by atoms with Crippen molar-refractivity contribution < 1.29 is 14.1 Å². The molecular weight excluding hydrogens is 292 g/mol. The molecule has 0 aliphatic heterocycles. The van der Waals surface area contributed by atoms with Gasteiger partial charge < -0.3 is 14.6 Å². The van der Waals surface area contributed by atoms with Crippen LogP contribution in [0.25, 0.3) is 0 Å². The first-order valence-electron chi connectivity index (χ1n) is 7.85. The van der Waals surface area contributed by atoms with E-state index in [1.54, 1.807) is 7.11 Å². The van der Waals surface area contributed by atoms with Gasteiger partial charge in [0.1, 0.15) is 11.5 Å². The van der Waals surface area contributed by atoms with Gasteiger partial charge in [0.25, 0.3) is 0 Å². The van der Waals surface area contributed by atoms with E-state index in [0.717, 1.165) is 22.8 Å². The fourth-order valence-corrected chi connectivity index (χ4v) is 2.61. The molecule has 1 heterocycles. The van der Waals surface area contributed by atoms with Crippen molar-refractivity contribution in [2.75, 3.05) is 13.7 Å². The SMILES string of the molecule is COc1ccc(C(C(=O)NCCc2cc(C)on2)C(C)C)cc1. The molecule has 23 heavy (non-hydrogen) atoms. The number of nitrogens with one attached hydrogen (secondary N) is 1. The van der Waals surface area contributed by atoms with Crippen LogP contribution < -0.4 is 10.1 Å². The van der Waals surface area contributed by atoms with Crippen molar-refractivity contribution in [1.82, 2.24) is 10.5 Å². The molecule has 5 nitrogen and oxygen atoms in total. The highest BCUT2D eigenvalue weighted by Gasteiger charge is 2.23. The second-order valence-corrected chi connectivity index (χ2v) is 5.96. The van der Waals surface area contributed by atoms with Crippen molar-refractivity contribution in [2.45, 2.75) is 33.1 Å². The first-order valence-corrected chi connectivity index (χ1v) is 7.85. The third kappa shape index (κ3) is 4.58. The van der Waals surface area contributed by atoms with Crippen LogP contribution in [0.1, 0.15) is 36.8 Å². The molecule has 1 N–H and O–H groups in total. The topological polar surface area (TPSA) is 64.4 Å². The van der Waals surface area contributed by atoms with Crippen LogP contribution >= 0.6 is 0 Å². The number of carbonyl (C=O) groups is 1. The minimum atomic E-state index is -0.181. The molecular formula is C18H24N2O3. The summed E-state index contributed by atoms with van der Waals surface area (Å²) < 4.78 is 10.2. The Morgan fingerprint density at radius 1 is 1.30 bits per heavy atom. The van der Waals surface area contributed by atoms with Gasteiger partial charge in [-0.15, -0.1) is 0 Å². The monoisotopic (exact) mass is 316 g/mol. The zero-order chi connectivity index (χ0) is 16.8. The van der Waals surface area contributed by atoms with Crippen LogP contribution in [-0.4, -0.2) is 24.7 Å². The van der Waals surface area contributed by atoms with E-state index in [4.69, 9.17) is 9.26 Å². The highest BCUT2D eigenvalue weighted by Crippen LogP contribution is 2.26. The van der Waals surface area contributed by atoms with Crippen molar-refractivity contribution in [1.29, 1.82) is 0 Å². The largest absolute Gasteiger partial charge is 0.497 e. The summed E-state index contributed by atoms with van der Waals surface area (Å²) in [6.07, 6.45) is 0.663. The van der Waals surface area contributed by atoms with E-state index in [-0.39, 0.29) is 17.7 Å². The number of aromatic nitrogens is 1. The first kappa shape index (κ1) is 17.1. The van der Waals surface area contributed by atoms with Gasteiger partial charge in [-0.2, -0.15) is 0 Å². The van der Waals surface area contributed by atoms with Crippen molar-refractivity contribution in [2.24, 2.45) is 5.92 Å².